The Morgan fingerprint density at radius 3 is 1.56 bits per heavy atom. The predicted octanol–water partition coefficient (Wildman–Crippen LogP) is 1.69. The Morgan fingerprint density at radius 2 is 1.12 bits per heavy atom. The average Bonchev–Trinajstić information content (AvgIpc) is 2.31. The number of rotatable bonds is 13. The zero-order valence-corrected chi connectivity index (χ0v) is 10.4. The SMILES string of the molecule is [CH2]COCCOCCOCCOCCCC. The van der Waals surface area contributed by atoms with Crippen molar-refractivity contribution in [3.05, 3.63) is 6.92 Å². The van der Waals surface area contributed by atoms with Crippen LogP contribution in [-0.2, 0) is 18.9 Å². The standard InChI is InChI=1S/C12H25O4/c1-3-5-6-14-9-10-16-12-11-15-8-7-13-4-2/h2-12H2,1H3. The van der Waals surface area contributed by atoms with Gasteiger partial charge < -0.3 is 18.9 Å². The molecule has 0 saturated carbocycles. The molecule has 0 aromatic heterocycles. The van der Waals surface area contributed by atoms with Crippen LogP contribution in [-0.4, -0.2) is 52.9 Å². The Labute approximate surface area is 99.2 Å². The highest BCUT2D eigenvalue weighted by atomic mass is 16.6. The molecule has 0 atom stereocenters. The third-order valence-electron chi connectivity index (χ3n) is 1.90. The first-order valence-electron chi connectivity index (χ1n) is 6.02. The van der Waals surface area contributed by atoms with Crippen LogP contribution in [0.5, 0.6) is 0 Å². The molecule has 0 N–H and O–H groups in total. The molecule has 0 aliphatic carbocycles. The van der Waals surface area contributed by atoms with Crippen LogP contribution in [0.25, 0.3) is 0 Å². The Hall–Kier alpha value is -0.160. The molecular formula is C12H25O4. The van der Waals surface area contributed by atoms with E-state index in [-0.39, 0.29) is 0 Å². The van der Waals surface area contributed by atoms with Crippen molar-refractivity contribution >= 4 is 0 Å². The zero-order chi connectivity index (χ0) is 11.9. The normalized spacial score (nSPS) is 10.9. The minimum Gasteiger partial charge on any atom is -0.379 e. The number of hydrogen-bond donors (Lipinski definition) is 0. The van der Waals surface area contributed by atoms with Gasteiger partial charge in [0.25, 0.3) is 0 Å². The van der Waals surface area contributed by atoms with Gasteiger partial charge in [-0.05, 0) is 13.3 Å². The van der Waals surface area contributed by atoms with Crippen molar-refractivity contribution in [1.82, 2.24) is 0 Å². The summed E-state index contributed by atoms with van der Waals surface area (Å²) in [5, 5.41) is 0. The fraction of sp³-hybridized carbons (Fsp3) is 0.917. The van der Waals surface area contributed by atoms with Gasteiger partial charge in [-0.15, -0.1) is 0 Å². The molecule has 0 rings (SSSR count). The minimum atomic E-state index is 0.495. The molecule has 4 nitrogen and oxygen atoms in total. The molecule has 97 valence electrons. The van der Waals surface area contributed by atoms with Gasteiger partial charge in [0.15, 0.2) is 0 Å². The molecule has 0 unspecified atom stereocenters. The Bertz CT molecular complexity index is 106. The largest absolute Gasteiger partial charge is 0.379 e. The van der Waals surface area contributed by atoms with Crippen LogP contribution in [0.15, 0.2) is 0 Å². The minimum absolute atomic E-state index is 0.495. The van der Waals surface area contributed by atoms with Crippen molar-refractivity contribution in [2.75, 3.05) is 52.9 Å². The van der Waals surface area contributed by atoms with Crippen LogP contribution in [0.1, 0.15) is 19.8 Å². The highest BCUT2D eigenvalue weighted by molar-refractivity contribution is 4.36. The Morgan fingerprint density at radius 1 is 0.688 bits per heavy atom. The summed E-state index contributed by atoms with van der Waals surface area (Å²) in [5.74, 6) is 0. The van der Waals surface area contributed by atoms with E-state index in [1.165, 1.54) is 6.42 Å². The van der Waals surface area contributed by atoms with Crippen molar-refractivity contribution in [3.63, 3.8) is 0 Å². The molecule has 0 bridgehead atoms. The fourth-order valence-electron chi connectivity index (χ4n) is 1.01. The molecule has 1 radical (unpaired) electrons. The second-order valence-corrected chi connectivity index (χ2v) is 3.30. The summed E-state index contributed by atoms with van der Waals surface area (Å²) in [7, 11) is 0. The molecule has 0 aliphatic rings. The van der Waals surface area contributed by atoms with Crippen LogP contribution in [0.4, 0.5) is 0 Å². The first-order chi connectivity index (χ1) is 7.91. The van der Waals surface area contributed by atoms with Gasteiger partial charge in [0.1, 0.15) is 0 Å². The predicted molar refractivity (Wildman–Crippen MR) is 63.5 cm³/mol. The number of ether oxygens (including phenoxy) is 4. The smallest absolute Gasteiger partial charge is 0.0701 e. The van der Waals surface area contributed by atoms with E-state index in [1.807, 2.05) is 0 Å². The molecule has 0 heterocycles. The van der Waals surface area contributed by atoms with Gasteiger partial charge in [0.2, 0.25) is 0 Å². The van der Waals surface area contributed by atoms with Crippen molar-refractivity contribution in [2.45, 2.75) is 19.8 Å². The van der Waals surface area contributed by atoms with E-state index in [0.717, 1.165) is 13.0 Å². The molecule has 0 aromatic carbocycles. The van der Waals surface area contributed by atoms with Gasteiger partial charge in [-0.3, -0.25) is 0 Å². The maximum absolute atomic E-state index is 5.34. The van der Waals surface area contributed by atoms with Crippen LogP contribution >= 0.6 is 0 Å². The van der Waals surface area contributed by atoms with E-state index in [2.05, 4.69) is 13.8 Å². The summed E-state index contributed by atoms with van der Waals surface area (Å²) < 4.78 is 20.9. The Kier molecular flexibility index (Phi) is 14.7. The van der Waals surface area contributed by atoms with Gasteiger partial charge in [-0.25, -0.2) is 0 Å². The quantitative estimate of drug-likeness (QED) is 0.454. The van der Waals surface area contributed by atoms with Gasteiger partial charge in [0.05, 0.1) is 39.6 Å². The molecule has 0 amide bonds. The first kappa shape index (κ1) is 15.8. The molecule has 0 saturated heterocycles. The lowest BCUT2D eigenvalue weighted by Crippen LogP contribution is -2.12. The van der Waals surface area contributed by atoms with Crippen LogP contribution in [0.3, 0.4) is 0 Å². The summed E-state index contributed by atoms with van der Waals surface area (Å²) in [6.07, 6.45) is 2.29. The highest BCUT2D eigenvalue weighted by Gasteiger charge is 1.91. The van der Waals surface area contributed by atoms with E-state index < -0.39 is 0 Å². The third kappa shape index (κ3) is 13.8. The zero-order valence-electron chi connectivity index (χ0n) is 10.4. The summed E-state index contributed by atoms with van der Waals surface area (Å²) in [5.41, 5.74) is 0. The number of hydrogen-bond acceptors (Lipinski definition) is 4. The van der Waals surface area contributed by atoms with Crippen LogP contribution in [0, 0.1) is 6.92 Å². The monoisotopic (exact) mass is 233 g/mol. The van der Waals surface area contributed by atoms with E-state index in [9.17, 15) is 0 Å². The van der Waals surface area contributed by atoms with Crippen molar-refractivity contribution in [1.29, 1.82) is 0 Å². The highest BCUT2D eigenvalue weighted by Crippen LogP contribution is 1.88. The fourth-order valence-corrected chi connectivity index (χ4v) is 1.01. The first-order valence-corrected chi connectivity index (χ1v) is 6.02. The van der Waals surface area contributed by atoms with Gasteiger partial charge in [-0.1, -0.05) is 13.3 Å². The molecule has 4 heteroatoms. The van der Waals surface area contributed by atoms with Crippen LogP contribution in [0.2, 0.25) is 0 Å². The lowest BCUT2D eigenvalue weighted by atomic mass is 10.4. The summed E-state index contributed by atoms with van der Waals surface area (Å²) in [6.45, 7) is 10.8. The maximum atomic E-state index is 5.34. The van der Waals surface area contributed by atoms with E-state index in [0.29, 0.717) is 46.2 Å². The molecule has 0 aromatic rings. The van der Waals surface area contributed by atoms with Crippen LogP contribution < -0.4 is 0 Å². The van der Waals surface area contributed by atoms with Crippen molar-refractivity contribution in [3.8, 4) is 0 Å². The van der Waals surface area contributed by atoms with Crippen molar-refractivity contribution in [2.24, 2.45) is 0 Å². The second kappa shape index (κ2) is 14.8. The third-order valence-corrected chi connectivity index (χ3v) is 1.90. The lowest BCUT2D eigenvalue weighted by molar-refractivity contribution is 0.000506. The summed E-state index contributed by atoms with van der Waals surface area (Å²) in [6, 6.07) is 0. The molecule has 0 aliphatic heterocycles. The lowest BCUT2D eigenvalue weighted by Gasteiger charge is -2.06. The van der Waals surface area contributed by atoms with Gasteiger partial charge >= 0.3 is 0 Å². The van der Waals surface area contributed by atoms with E-state index >= 15 is 0 Å². The Balaban J connectivity index is 2.83. The molecule has 0 fully saturated rings. The molecular weight excluding hydrogens is 208 g/mol. The summed E-state index contributed by atoms with van der Waals surface area (Å²) in [4.78, 5) is 0. The van der Waals surface area contributed by atoms with Crippen molar-refractivity contribution < 1.29 is 18.9 Å². The summed E-state index contributed by atoms with van der Waals surface area (Å²) >= 11 is 0. The topological polar surface area (TPSA) is 36.9 Å². The second-order valence-electron chi connectivity index (χ2n) is 3.30. The van der Waals surface area contributed by atoms with Gasteiger partial charge in [-0.2, -0.15) is 0 Å². The molecule has 0 spiro atoms. The van der Waals surface area contributed by atoms with E-state index in [4.69, 9.17) is 18.9 Å². The average molecular weight is 233 g/mol. The van der Waals surface area contributed by atoms with Gasteiger partial charge in [0, 0.05) is 13.2 Å². The molecule has 16 heavy (non-hydrogen) atoms. The maximum Gasteiger partial charge on any atom is 0.0701 e. The number of unbranched alkanes of at least 4 members (excludes halogenated alkanes) is 1. The van der Waals surface area contributed by atoms with E-state index in [1.54, 1.807) is 0 Å².